The number of carbonyl (C=O) groups excluding carboxylic acids is 1. The third-order valence-electron chi connectivity index (χ3n) is 6.02. The minimum Gasteiger partial charge on any atom is -0.342 e. The van der Waals surface area contributed by atoms with Crippen LogP contribution in [0.25, 0.3) is 21.7 Å². The lowest BCUT2D eigenvalue weighted by molar-refractivity contribution is -0.113. The zero-order valence-corrected chi connectivity index (χ0v) is 19.7. The molecule has 0 atom stereocenters. The molecule has 0 saturated carbocycles. The molecule has 0 unspecified atom stereocenters. The van der Waals surface area contributed by atoms with Gasteiger partial charge in [0.25, 0.3) is 0 Å². The largest absolute Gasteiger partial charge is 0.342 e. The van der Waals surface area contributed by atoms with Gasteiger partial charge in [-0.1, -0.05) is 78.4 Å². The second-order valence-corrected chi connectivity index (χ2v) is 9.45. The van der Waals surface area contributed by atoms with Gasteiger partial charge in [0.15, 0.2) is 0 Å². The van der Waals surface area contributed by atoms with Gasteiger partial charge in [0.05, 0.1) is 5.75 Å². The highest BCUT2D eigenvalue weighted by atomic mass is 32.2. The van der Waals surface area contributed by atoms with Crippen LogP contribution in [-0.4, -0.2) is 16.2 Å². The summed E-state index contributed by atoms with van der Waals surface area (Å²) in [6.07, 6.45) is 2.18. The Morgan fingerprint density at radius 3 is 2.52 bits per heavy atom. The molecule has 1 heterocycles. The van der Waals surface area contributed by atoms with Gasteiger partial charge < -0.3 is 9.88 Å². The zero-order chi connectivity index (χ0) is 22.8. The third-order valence-corrected chi connectivity index (χ3v) is 7.06. The predicted octanol–water partition coefficient (Wildman–Crippen LogP) is 7.19. The number of para-hydroxylation sites is 1. The fourth-order valence-electron chi connectivity index (χ4n) is 4.28. The number of fused-ring (bicyclic) bond motifs is 2. The van der Waals surface area contributed by atoms with Crippen molar-refractivity contribution in [3.8, 4) is 0 Å². The van der Waals surface area contributed by atoms with Crippen molar-refractivity contribution in [2.75, 3.05) is 11.1 Å². The maximum absolute atomic E-state index is 12.8. The summed E-state index contributed by atoms with van der Waals surface area (Å²) >= 11 is 1.59. The van der Waals surface area contributed by atoms with Crippen LogP contribution in [0.15, 0.2) is 96.0 Å². The number of rotatable bonds is 6. The van der Waals surface area contributed by atoms with Crippen molar-refractivity contribution in [1.29, 1.82) is 0 Å². The topological polar surface area (TPSA) is 34.0 Å². The van der Waals surface area contributed by atoms with E-state index in [1.165, 1.54) is 27.6 Å². The summed E-state index contributed by atoms with van der Waals surface area (Å²) in [6, 6.07) is 29.1. The van der Waals surface area contributed by atoms with Gasteiger partial charge >= 0.3 is 0 Å². The van der Waals surface area contributed by atoms with E-state index in [-0.39, 0.29) is 5.91 Å². The van der Waals surface area contributed by atoms with Crippen LogP contribution in [0.5, 0.6) is 0 Å². The summed E-state index contributed by atoms with van der Waals surface area (Å²) in [7, 11) is 0. The lowest BCUT2D eigenvalue weighted by Gasteiger charge is -2.10. The lowest BCUT2D eigenvalue weighted by atomic mass is 10.1. The number of aromatic nitrogens is 1. The molecule has 0 fully saturated rings. The predicted molar refractivity (Wildman–Crippen MR) is 140 cm³/mol. The number of aryl methyl sites for hydroxylation is 2. The molecule has 0 aliphatic heterocycles. The first kappa shape index (κ1) is 21.4. The smallest absolute Gasteiger partial charge is 0.234 e. The fourth-order valence-corrected chi connectivity index (χ4v) is 5.17. The molecule has 1 amide bonds. The number of amides is 1. The van der Waals surface area contributed by atoms with Crippen molar-refractivity contribution in [1.82, 2.24) is 4.57 Å². The number of benzene rings is 4. The first-order valence-corrected chi connectivity index (χ1v) is 12.1. The second-order valence-electron chi connectivity index (χ2n) is 8.43. The Labute approximate surface area is 198 Å². The fraction of sp³-hybridized carbons (Fsp3) is 0.138. The van der Waals surface area contributed by atoms with Gasteiger partial charge in [0.1, 0.15) is 0 Å². The molecule has 5 rings (SSSR count). The summed E-state index contributed by atoms with van der Waals surface area (Å²) in [5, 5.41) is 6.46. The van der Waals surface area contributed by atoms with E-state index in [2.05, 4.69) is 84.5 Å². The van der Waals surface area contributed by atoms with Gasteiger partial charge in [0.2, 0.25) is 5.91 Å². The van der Waals surface area contributed by atoms with E-state index in [4.69, 9.17) is 0 Å². The summed E-state index contributed by atoms with van der Waals surface area (Å²) in [5.41, 5.74) is 5.93. The molecule has 0 radical (unpaired) electrons. The molecule has 0 spiro atoms. The number of carbonyl (C=O) groups is 1. The highest BCUT2D eigenvalue weighted by Gasteiger charge is 2.13. The van der Waals surface area contributed by atoms with E-state index in [1.54, 1.807) is 11.8 Å². The SMILES string of the molecule is Cc1ccc(C)c(Cn2cc(SCC(=O)Nc3cccc4ccccc34)c3ccccc32)c1. The summed E-state index contributed by atoms with van der Waals surface area (Å²) in [6.45, 7) is 5.11. The van der Waals surface area contributed by atoms with Crippen molar-refractivity contribution in [3.63, 3.8) is 0 Å². The highest BCUT2D eigenvalue weighted by Crippen LogP contribution is 2.31. The van der Waals surface area contributed by atoms with E-state index in [9.17, 15) is 4.79 Å². The molecule has 4 aromatic carbocycles. The van der Waals surface area contributed by atoms with Crippen LogP contribution in [0.2, 0.25) is 0 Å². The van der Waals surface area contributed by atoms with Crippen molar-refractivity contribution < 1.29 is 4.79 Å². The highest BCUT2D eigenvalue weighted by molar-refractivity contribution is 8.00. The van der Waals surface area contributed by atoms with Gasteiger partial charge in [0, 0.05) is 39.6 Å². The molecule has 164 valence electrons. The molecule has 0 bridgehead atoms. The number of anilines is 1. The van der Waals surface area contributed by atoms with Crippen molar-refractivity contribution in [2.45, 2.75) is 25.3 Å². The van der Waals surface area contributed by atoms with Crippen LogP contribution in [0.3, 0.4) is 0 Å². The van der Waals surface area contributed by atoms with E-state index in [0.717, 1.165) is 27.9 Å². The number of nitrogens with zero attached hydrogens (tertiary/aromatic N) is 1. The number of hydrogen-bond acceptors (Lipinski definition) is 2. The van der Waals surface area contributed by atoms with Crippen LogP contribution in [0.4, 0.5) is 5.69 Å². The Bertz CT molecular complexity index is 1460. The van der Waals surface area contributed by atoms with Crippen LogP contribution < -0.4 is 5.32 Å². The molecule has 5 aromatic rings. The molecule has 33 heavy (non-hydrogen) atoms. The van der Waals surface area contributed by atoms with Crippen LogP contribution >= 0.6 is 11.8 Å². The van der Waals surface area contributed by atoms with Crippen LogP contribution in [0.1, 0.15) is 16.7 Å². The van der Waals surface area contributed by atoms with Crippen LogP contribution in [0, 0.1) is 13.8 Å². The quantitative estimate of drug-likeness (QED) is 0.278. The minimum absolute atomic E-state index is 0.00251. The molecule has 0 saturated heterocycles. The standard InChI is InChI=1S/C29H26N2OS/c1-20-14-15-21(2)23(16-20)17-31-18-28(25-11-5-6-13-27(25)31)33-19-29(32)30-26-12-7-9-22-8-3-4-10-24(22)26/h3-16,18H,17,19H2,1-2H3,(H,30,32). The normalized spacial score (nSPS) is 11.2. The Morgan fingerprint density at radius 2 is 1.64 bits per heavy atom. The molecule has 1 aromatic heterocycles. The molecular weight excluding hydrogens is 424 g/mol. The van der Waals surface area contributed by atoms with Crippen molar-refractivity contribution in [3.05, 3.63) is 108 Å². The molecule has 4 heteroatoms. The van der Waals surface area contributed by atoms with Gasteiger partial charge in [-0.05, 0) is 42.5 Å². The first-order chi connectivity index (χ1) is 16.1. The van der Waals surface area contributed by atoms with Gasteiger partial charge in [-0.2, -0.15) is 0 Å². The van der Waals surface area contributed by atoms with Gasteiger partial charge in [-0.3, -0.25) is 4.79 Å². The van der Waals surface area contributed by atoms with Gasteiger partial charge in [-0.15, -0.1) is 11.8 Å². The summed E-state index contributed by atoms with van der Waals surface area (Å²) < 4.78 is 2.29. The Morgan fingerprint density at radius 1 is 0.879 bits per heavy atom. The van der Waals surface area contributed by atoms with Gasteiger partial charge in [-0.25, -0.2) is 0 Å². The first-order valence-electron chi connectivity index (χ1n) is 11.1. The maximum atomic E-state index is 12.8. The average molecular weight is 451 g/mol. The monoisotopic (exact) mass is 450 g/mol. The van der Waals surface area contributed by atoms with Crippen molar-refractivity contribution in [2.24, 2.45) is 0 Å². The van der Waals surface area contributed by atoms with E-state index >= 15 is 0 Å². The minimum atomic E-state index is 0.00251. The van der Waals surface area contributed by atoms with E-state index in [1.807, 2.05) is 30.3 Å². The molecule has 3 nitrogen and oxygen atoms in total. The second kappa shape index (κ2) is 9.16. The molecule has 1 N–H and O–H groups in total. The Hall–Kier alpha value is -3.50. The van der Waals surface area contributed by atoms with Crippen LogP contribution in [-0.2, 0) is 11.3 Å². The molecule has 0 aliphatic rings. The summed E-state index contributed by atoms with van der Waals surface area (Å²) in [5.74, 6) is 0.364. The lowest BCUT2D eigenvalue weighted by Crippen LogP contribution is -2.14. The summed E-state index contributed by atoms with van der Waals surface area (Å²) in [4.78, 5) is 13.9. The average Bonchev–Trinajstić information content (AvgIpc) is 3.18. The maximum Gasteiger partial charge on any atom is 0.234 e. The Balaban J connectivity index is 1.36. The number of hydrogen-bond donors (Lipinski definition) is 1. The van der Waals surface area contributed by atoms with E-state index in [0.29, 0.717) is 5.75 Å². The number of thioether (sulfide) groups is 1. The van der Waals surface area contributed by atoms with E-state index < -0.39 is 0 Å². The van der Waals surface area contributed by atoms with Crippen molar-refractivity contribution >= 4 is 45.0 Å². The molecule has 0 aliphatic carbocycles. The zero-order valence-electron chi connectivity index (χ0n) is 18.8. The third kappa shape index (κ3) is 4.53. The molecular formula is C29H26N2OS. The number of nitrogens with one attached hydrogen (secondary N) is 1. The Kier molecular flexibility index (Phi) is 5.93.